The van der Waals surface area contributed by atoms with Gasteiger partial charge in [0, 0.05) is 6.42 Å². The van der Waals surface area contributed by atoms with Crippen LogP contribution in [0.1, 0.15) is 13.3 Å². The van der Waals surface area contributed by atoms with Crippen LogP contribution in [0.25, 0.3) is 0 Å². The first kappa shape index (κ1) is 14.5. The van der Waals surface area contributed by atoms with Crippen LogP contribution in [0.3, 0.4) is 0 Å². The summed E-state index contributed by atoms with van der Waals surface area (Å²) in [6, 6.07) is 0. The number of hydrogen-bond donors (Lipinski definition) is 3. The monoisotopic (exact) mass is 329 g/mol. The molecular formula is C8H12INO5. The Morgan fingerprint density at radius 2 is 2.07 bits per heavy atom. The Morgan fingerprint density at radius 1 is 1.60 bits per heavy atom. The molecule has 7 heteroatoms. The molecule has 0 fully saturated rings. The van der Waals surface area contributed by atoms with Gasteiger partial charge in [-0.25, -0.2) is 0 Å². The maximum absolute atomic E-state index is 10.9. The van der Waals surface area contributed by atoms with E-state index >= 15 is 0 Å². The van der Waals surface area contributed by atoms with Crippen molar-refractivity contribution in [1.29, 1.82) is 0 Å². The third-order valence-corrected chi connectivity index (χ3v) is 3.30. The molecule has 15 heavy (non-hydrogen) atoms. The number of ketones is 1. The zero-order chi connectivity index (χ0) is 12.2. The van der Waals surface area contributed by atoms with Crippen LogP contribution in [-0.4, -0.2) is 43.8 Å². The summed E-state index contributed by atoms with van der Waals surface area (Å²) < 4.78 is -0.923. The first-order chi connectivity index (χ1) is 6.72. The summed E-state index contributed by atoms with van der Waals surface area (Å²) in [6.07, 6.45) is -1.72. The fourth-order valence-electron chi connectivity index (χ4n) is 0.928. The lowest BCUT2D eigenvalue weighted by Crippen LogP contribution is -2.44. The molecule has 0 aromatic carbocycles. The average Bonchev–Trinajstić information content (AvgIpc) is 2.14. The number of carbonyl (C=O) groups is 3. The number of amides is 1. The van der Waals surface area contributed by atoms with E-state index in [4.69, 9.17) is 5.73 Å². The van der Waals surface area contributed by atoms with Crippen molar-refractivity contribution in [3.05, 3.63) is 0 Å². The lowest BCUT2D eigenvalue weighted by atomic mass is 9.93. The van der Waals surface area contributed by atoms with E-state index in [9.17, 15) is 24.6 Å². The molecule has 0 aliphatic carbocycles. The summed E-state index contributed by atoms with van der Waals surface area (Å²) in [5.74, 6) is -1.80. The minimum atomic E-state index is -1.97. The van der Waals surface area contributed by atoms with Crippen molar-refractivity contribution in [2.24, 2.45) is 5.73 Å². The van der Waals surface area contributed by atoms with Crippen LogP contribution in [0.4, 0.5) is 0 Å². The van der Waals surface area contributed by atoms with Crippen molar-refractivity contribution in [2.75, 3.05) is 0 Å². The molecule has 0 aliphatic heterocycles. The molecule has 0 radical (unpaired) electrons. The van der Waals surface area contributed by atoms with Gasteiger partial charge in [0.25, 0.3) is 0 Å². The number of carbonyl (C=O) groups excluding carboxylic acids is 3. The third kappa shape index (κ3) is 4.22. The second kappa shape index (κ2) is 5.52. The van der Waals surface area contributed by atoms with Gasteiger partial charge in [0.1, 0.15) is 9.53 Å². The van der Waals surface area contributed by atoms with E-state index in [2.05, 4.69) is 0 Å². The molecule has 0 rings (SSSR count). The predicted octanol–water partition coefficient (Wildman–Crippen LogP) is -1.45. The van der Waals surface area contributed by atoms with Gasteiger partial charge in [-0.2, -0.15) is 0 Å². The number of halogens is 1. The van der Waals surface area contributed by atoms with Gasteiger partial charge in [0.15, 0.2) is 6.29 Å². The smallest absolute Gasteiger partial charge is 0.233 e. The normalized spacial score (nSPS) is 18.7. The number of aliphatic hydroxyl groups excluding tert-OH is 1. The molecule has 0 heterocycles. The van der Waals surface area contributed by atoms with Crippen LogP contribution in [0.2, 0.25) is 0 Å². The van der Waals surface area contributed by atoms with Crippen LogP contribution in [0.15, 0.2) is 0 Å². The van der Waals surface area contributed by atoms with Gasteiger partial charge >= 0.3 is 0 Å². The van der Waals surface area contributed by atoms with E-state index in [1.54, 1.807) is 22.6 Å². The highest BCUT2D eigenvalue weighted by atomic mass is 127. The summed E-state index contributed by atoms with van der Waals surface area (Å²) in [6.45, 7) is 1.09. The Labute approximate surface area is 100.0 Å². The number of nitrogens with two attached hydrogens (primary N) is 1. The first-order valence-corrected chi connectivity index (χ1v) is 5.30. The summed E-state index contributed by atoms with van der Waals surface area (Å²) in [5.41, 5.74) is 2.95. The molecule has 0 spiro atoms. The lowest BCUT2D eigenvalue weighted by molar-refractivity contribution is -0.144. The molecule has 0 aromatic rings. The number of alkyl halides is 1. The largest absolute Gasteiger partial charge is 0.391 e. The number of aliphatic hydroxyl groups is 2. The van der Waals surface area contributed by atoms with Crippen molar-refractivity contribution >= 4 is 40.6 Å². The molecule has 1 amide bonds. The lowest BCUT2D eigenvalue weighted by Gasteiger charge is -2.24. The van der Waals surface area contributed by atoms with E-state index < -0.39 is 33.7 Å². The number of primary amides is 1. The van der Waals surface area contributed by atoms with Crippen molar-refractivity contribution in [3.63, 3.8) is 0 Å². The van der Waals surface area contributed by atoms with Gasteiger partial charge in [0.05, 0.1) is 6.10 Å². The topological polar surface area (TPSA) is 118 Å². The highest BCUT2D eigenvalue weighted by Gasteiger charge is 2.35. The second-order valence-corrected chi connectivity index (χ2v) is 4.67. The number of Topliss-reactive ketones (excluding diaryl/α,β-unsaturated/α-hetero) is 1. The molecule has 2 unspecified atom stereocenters. The van der Waals surface area contributed by atoms with E-state index in [1.807, 2.05) is 0 Å². The van der Waals surface area contributed by atoms with Crippen LogP contribution < -0.4 is 5.73 Å². The molecule has 0 aromatic heterocycles. The Hall–Kier alpha value is -0.540. The number of rotatable bonds is 6. The fraction of sp³-hybridized carbons (Fsp3) is 0.625. The maximum atomic E-state index is 10.9. The summed E-state index contributed by atoms with van der Waals surface area (Å²) >= 11 is 1.60. The average molecular weight is 329 g/mol. The van der Waals surface area contributed by atoms with Crippen molar-refractivity contribution in [2.45, 2.75) is 29.0 Å². The number of hydrogen-bond acceptors (Lipinski definition) is 5. The molecule has 0 saturated carbocycles. The standard InChI is InChI=1S/C8H12INO5/c1-8(15,5(13)3-11)2-4(12)6(9)7(10)14/h3-4,6,12,15H,2H2,1H3,(H2,10,14)/t4?,6?,8-/m0/s1. The molecule has 6 nitrogen and oxygen atoms in total. The van der Waals surface area contributed by atoms with Crippen molar-refractivity contribution in [1.82, 2.24) is 0 Å². The summed E-state index contributed by atoms with van der Waals surface area (Å²) in [5, 5.41) is 18.9. The molecule has 0 saturated heterocycles. The minimum absolute atomic E-state index is 0.0286. The van der Waals surface area contributed by atoms with Crippen LogP contribution in [0, 0.1) is 0 Å². The molecule has 3 atom stereocenters. The van der Waals surface area contributed by atoms with Crippen LogP contribution in [0.5, 0.6) is 0 Å². The Morgan fingerprint density at radius 3 is 2.40 bits per heavy atom. The number of aldehydes is 1. The maximum Gasteiger partial charge on any atom is 0.233 e. The molecular weight excluding hydrogens is 317 g/mol. The quantitative estimate of drug-likeness (QED) is 0.238. The van der Waals surface area contributed by atoms with Gasteiger partial charge in [-0.05, 0) is 6.92 Å². The zero-order valence-corrected chi connectivity index (χ0v) is 10.2. The van der Waals surface area contributed by atoms with Crippen LogP contribution >= 0.6 is 22.6 Å². The van der Waals surface area contributed by atoms with Crippen molar-refractivity contribution < 1.29 is 24.6 Å². The molecule has 86 valence electrons. The Bertz CT molecular complexity index is 278. The van der Waals surface area contributed by atoms with Crippen LogP contribution in [-0.2, 0) is 14.4 Å². The van der Waals surface area contributed by atoms with Gasteiger partial charge in [-0.1, -0.05) is 22.6 Å². The molecule has 0 aliphatic rings. The predicted molar refractivity (Wildman–Crippen MR) is 59.3 cm³/mol. The van der Waals surface area contributed by atoms with Gasteiger partial charge < -0.3 is 15.9 Å². The second-order valence-electron chi connectivity index (χ2n) is 3.33. The van der Waals surface area contributed by atoms with Gasteiger partial charge in [-0.15, -0.1) is 0 Å². The summed E-state index contributed by atoms with van der Waals surface area (Å²) in [4.78, 5) is 31.8. The van der Waals surface area contributed by atoms with E-state index in [-0.39, 0.29) is 6.29 Å². The molecule has 0 bridgehead atoms. The third-order valence-electron chi connectivity index (χ3n) is 1.85. The first-order valence-electron chi connectivity index (χ1n) is 4.06. The van der Waals surface area contributed by atoms with E-state index in [1.165, 1.54) is 0 Å². The van der Waals surface area contributed by atoms with Gasteiger partial charge in [0.2, 0.25) is 11.7 Å². The minimum Gasteiger partial charge on any atom is -0.391 e. The highest BCUT2D eigenvalue weighted by Crippen LogP contribution is 2.18. The van der Waals surface area contributed by atoms with E-state index in [0.29, 0.717) is 0 Å². The van der Waals surface area contributed by atoms with Crippen molar-refractivity contribution in [3.8, 4) is 0 Å². The summed E-state index contributed by atoms with van der Waals surface area (Å²) in [7, 11) is 0. The van der Waals surface area contributed by atoms with Gasteiger partial charge in [-0.3, -0.25) is 14.4 Å². The Balaban J connectivity index is 4.52. The zero-order valence-electron chi connectivity index (χ0n) is 8.01. The highest BCUT2D eigenvalue weighted by molar-refractivity contribution is 14.1. The SMILES string of the molecule is C[C@](O)(CC(O)C(I)C(N)=O)C(=O)C=O. The fourth-order valence-corrected chi connectivity index (χ4v) is 1.18. The molecule has 4 N–H and O–H groups in total. The van der Waals surface area contributed by atoms with E-state index in [0.717, 1.165) is 6.92 Å². The Kier molecular flexibility index (Phi) is 5.32.